The van der Waals surface area contributed by atoms with Gasteiger partial charge in [-0.25, -0.2) is 0 Å². The Kier molecular flexibility index (Phi) is 8.91. The first-order valence-corrected chi connectivity index (χ1v) is 13.0. The third kappa shape index (κ3) is 5.06. The lowest BCUT2D eigenvalue weighted by atomic mass is 10.0. The van der Waals surface area contributed by atoms with Crippen LogP contribution in [0.15, 0.2) is 34.1 Å². The normalized spacial score (nSPS) is 14.1. The molecule has 0 fully saturated rings. The summed E-state index contributed by atoms with van der Waals surface area (Å²) in [7, 11) is 1.97. The van der Waals surface area contributed by atoms with Gasteiger partial charge in [-0.05, 0) is 52.2 Å². The number of ether oxygens (including phenoxy) is 2. The summed E-state index contributed by atoms with van der Waals surface area (Å²) in [5, 5.41) is 20.5. The van der Waals surface area contributed by atoms with Gasteiger partial charge in [0.15, 0.2) is 11.5 Å². The molecule has 0 saturated carbocycles. The molecule has 3 rings (SSSR count). The average Bonchev–Trinajstić information content (AvgIpc) is 2.86. The maximum absolute atomic E-state index is 10.3. The standard InChI is InChI=1S/C27H35N5O2S/c1-8-31(9-2)18(5)33-25-20(16-28)21(17-29)26(34-19(6)32(10-3)11-4)27-24(25)30(7)22-14-12-13-15-23(22)35-27/h12-15,18-19H,8-11H2,1-7H3. The molecule has 2 aromatic carbocycles. The molecule has 0 amide bonds. The first kappa shape index (κ1) is 26.7. The van der Waals surface area contributed by atoms with Crippen LogP contribution < -0.4 is 14.4 Å². The molecular formula is C27H35N5O2S. The fourth-order valence-corrected chi connectivity index (χ4v) is 5.77. The molecule has 7 nitrogen and oxygen atoms in total. The van der Waals surface area contributed by atoms with Crippen molar-refractivity contribution in [2.24, 2.45) is 0 Å². The molecule has 8 heteroatoms. The van der Waals surface area contributed by atoms with Crippen molar-refractivity contribution in [1.82, 2.24) is 9.80 Å². The Labute approximate surface area is 213 Å². The number of anilines is 2. The van der Waals surface area contributed by atoms with E-state index in [1.54, 1.807) is 11.8 Å². The fourth-order valence-electron chi connectivity index (χ4n) is 4.53. The van der Waals surface area contributed by atoms with Crippen LogP contribution in [-0.2, 0) is 0 Å². The second-order valence-electron chi connectivity index (χ2n) is 8.32. The Balaban J connectivity index is 2.29. The van der Waals surface area contributed by atoms with Gasteiger partial charge in [-0.2, -0.15) is 10.5 Å². The van der Waals surface area contributed by atoms with E-state index >= 15 is 0 Å². The van der Waals surface area contributed by atoms with Crippen LogP contribution in [0.1, 0.15) is 52.7 Å². The van der Waals surface area contributed by atoms with E-state index < -0.39 is 0 Å². The second kappa shape index (κ2) is 11.7. The van der Waals surface area contributed by atoms with Crippen molar-refractivity contribution in [3.8, 4) is 23.6 Å². The number of hydrogen-bond acceptors (Lipinski definition) is 8. The smallest absolute Gasteiger partial charge is 0.165 e. The minimum atomic E-state index is -0.273. The van der Waals surface area contributed by atoms with Crippen LogP contribution in [-0.4, -0.2) is 55.5 Å². The Morgan fingerprint density at radius 2 is 1.34 bits per heavy atom. The lowest BCUT2D eigenvalue weighted by Gasteiger charge is -2.36. The number of fused-ring (bicyclic) bond motifs is 2. The van der Waals surface area contributed by atoms with Crippen molar-refractivity contribution in [3.63, 3.8) is 0 Å². The van der Waals surface area contributed by atoms with Gasteiger partial charge in [0.25, 0.3) is 0 Å². The van der Waals surface area contributed by atoms with Gasteiger partial charge in [-0.1, -0.05) is 51.6 Å². The summed E-state index contributed by atoms with van der Waals surface area (Å²) in [5.74, 6) is 0.860. The highest BCUT2D eigenvalue weighted by molar-refractivity contribution is 7.99. The van der Waals surface area contributed by atoms with Crippen LogP contribution in [0.4, 0.5) is 11.4 Å². The lowest BCUT2D eigenvalue weighted by Crippen LogP contribution is -2.38. The van der Waals surface area contributed by atoms with E-state index in [1.807, 2.05) is 44.0 Å². The van der Waals surface area contributed by atoms with Crippen molar-refractivity contribution in [2.75, 3.05) is 38.1 Å². The molecule has 186 valence electrons. The number of nitriles is 2. The Morgan fingerprint density at radius 3 is 1.86 bits per heavy atom. The molecule has 2 aromatic rings. The number of nitrogens with zero attached hydrogens (tertiary/aromatic N) is 5. The van der Waals surface area contributed by atoms with Crippen molar-refractivity contribution < 1.29 is 9.47 Å². The number of benzene rings is 2. The van der Waals surface area contributed by atoms with Gasteiger partial charge in [0.2, 0.25) is 0 Å². The van der Waals surface area contributed by atoms with E-state index in [-0.39, 0.29) is 23.6 Å². The number of rotatable bonds is 10. The van der Waals surface area contributed by atoms with Gasteiger partial charge >= 0.3 is 0 Å². The van der Waals surface area contributed by atoms with E-state index in [1.165, 1.54) is 0 Å². The highest BCUT2D eigenvalue weighted by Gasteiger charge is 2.35. The number of para-hydroxylation sites is 1. The highest BCUT2D eigenvalue weighted by Crippen LogP contribution is 2.57. The SMILES string of the molecule is CCN(CC)C(C)Oc1c(C#N)c(C#N)c(OC(C)N(CC)CC)c2c1Sc1ccccc1N2C. The van der Waals surface area contributed by atoms with Crippen molar-refractivity contribution in [2.45, 2.75) is 63.8 Å². The first-order chi connectivity index (χ1) is 16.9. The molecule has 0 aromatic heterocycles. The van der Waals surface area contributed by atoms with Gasteiger partial charge in [-0.15, -0.1) is 0 Å². The lowest BCUT2D eigenvalue weighted by molar-refractivity contribution is 0.0429. The molecule has 1 aliphatic heterocycles. The number of hydrogen-bond donors (Lipinski definition) is 0. The molecule has 2 atom stereocenters. The molecule has 0 aliphatic carbocycles. The van der Waals surface area contributed by atoms with Crippen LogP contribution >= 0.6 is 11.8 Å². The Hall–Kier alpha value is -2.91. The summed E-state index contributed by atoms with van der Waals surface area (Å²) in [6.07, 6.45) is -0.540. The molecular weight excluding hydrogens is 458 g/mol. The Morgan fingerprint density at radius 1 is 0.857 bits per heavy atom. The summed E-state index contributed by atoms with van der Waals surface area (Å²) in [5.41, 5.74) is 2.19. The van der Waals surface area contributed by atoms with Gasteiger partial charge in [0, 0.05) is 11.9 Å². The van der Waals surface area contributed by atoms with E-state index in [0.717, 1.165) is 47.3 Å². The third-order valence-electron chi connectivity index (χ3n) is 6.57. The molecule has 1 aliphatic rings. The zero-order valence-electron chi connectivity index (χ0n) is 21.8. The zero-order chi connectivity index (χ0) is 25.7. The van der Waals surface area contributed by atoms with E-state index in [9.17, 15) is 10.5 Å². The largest absolute Gasteiger partial charge is 0.473 e. The summed E-state index contributed by atoms with van der Waals surface area (Å²) in [4.78, 5) is 8.22. The van der Waals surface area contributed by atoms with E-state index in [2.05, 4.69) is 55.7 Å². The van der Waals surface area contributed by atoms with Crippen molar-refractivity contribution in [1.29, 1.82) is 10.5 Å². The van der Waals surface area contributed by atoms with Gasteiger partial charge < -0.3 is 14.4 Å². The summed E-state index contributed by atoms with van der Waals surface area (Å²) in [6.45, 7) is 15.5. The molecule has 0 saturated heterocycles. The molecule has 0 N–H and O–H groups in total. The molecule has 0 spiro atoms. The van der Waals surface area contributed by atoms with Crippen LogP contribution in [0.2, 0.25) is 0 Å². The van der Waals surface area contributed by atoms with E-state index in [0.29, 0.717) is 11.5 Å². The van der Waals surface area contributed by atoms with Crippen molar-refractivity contribution in [3.05, 3.63) is 35.4 Å². The minimum absolute atomic E-state index is 0.207. The first-order valence-electron chi connectivity index (χ1n) is 12.2. The molecule has 0 radical (unpaired) electrons. The fraction of sp³-hybridized carbons (Fsp3) is 0.481. The maximum atomic E-state index is 10.3. The quantitative estimate of drug-likeness (QED) is 0.385. The summed E-state index contributed by atoms with van der Waals surface area (Å²) < 4.78 is 13.0. The Bertz CT molecular complexity index is 1130. The van der Waals surface area contributed by atoms with Crippen molar-refractivity contribution >= 4 is 23.1 Å². The van der Waals surface area contributed by atoms with Gasteiger partial charge in [-0.3, -0.25) is 9.80 Å². The molecule has 0 bridgehead atoms. The molecule has 1 heterocycles. The van der Waals surface area contributed by atoms with Crippen LogP contribution in [0, 0.1) is 22.7 Å². The average molecular weight is 494 g/mol. The van der Waals surface area contributed by atoms with Crippen LogP contribution in [0.5, 0.6) is 11.5 Å². The monoisotopic (exact) mass is 493 g/mol. The molecule has 35 heavy (non-hydrogen) atoms. The molecule has 2 unspecified atom stereocenters. The highest BCUT2D eigenvalue weighted by atomic mass is 32.2. The predicted molar refractivity (Wildman–Crippen MR) is 141 cm³/mol. The minimum Gasteiger partial charge on any atom is -0.473 e. The predicted octanol–water partition coefficient (Wildman–Crippen LogP) is 5.80. The van der Waals surface area contributed by atoms with Gasteiger partial charge in [0.1, 0.15) is 41.4 Å². The summed E-state index contributed by atoms with van der Waals surface area (Å²) in [6, 6.07) is 12.6. The van der Waals surface area contributed by atoms with E-state index in [4.69, 9.17) is 9.47 Å². The maximum Gasteiger partial charge on any atom is 0.165 e. The van der Waals surface area contributed by atoms with Crippen LogP contribution in [0.25, 0.3) is 0 Å². The second-order valence-corrected chi connectivity index (χ2v) is 9.37. The topological polar surface area (TPSA) is 75.8 Å². The van der Waals surface area contributed by atoms with Crippen LogP contribution in [0.3, 0.4) is 0 Å². The third-order valence-corrected chi connectivity index (χ3v) is 7.72. The zero-order valence-corrected chi connectivity index (χ0v) is 22.6. The van der Waals surface area contributed by atoms with Gasteiger partial charge in [0.05, 0.1) is 10.6 Å². The summed E-state index contributed by atoms with van der Waals surface area (Å²) >= 11 is 1.55.